The minimum absolute atomic E-state index is 0.215. The molecule has 0 spiro atoms. The van der Waals surface area contributed by atoms with Gasteiger partial charge in [0.2, 0.25) is 11.7 Å². The number of aryl methyl sites for hydroxylation is 2. The lowest BCUT2D eigenvalue weighted by atomic mass is 10.0. The average Bonchev–Trinajstić information content (AvgIpc) is 2.90. The van der Waals surface area contributed by atoms with E-state index in [0.717, 1.165) is 24.2 Å². The van der Waals surface area contributed by atoms with Crippen LogP contribution in [0.25, 0.3) is 11.9 Å². The smallest absolute Gasteiger partial charge is 0.254 e. The number of hydrogen-bond donors (Lipinski definition) is 1. The van der Waals surface area contributed by atoms with Crippen molar-refractivity contribution in [1.29, 1.82) is 0 Å². The van der Waals surface area contributed by atoms with E-state index in [1.165, 1.54) is 11.6 Å². The molecule has 7 nitrogen and oxygen atoms in total. The Morgan fingerprint density at radius 2 is 2.00 bits per heavy atom. The van der Waals surface area contributed by atoms with E-state index < -0.39 is 0 Å². The lowest BCUT2D eigenvalue weighted by molar-refractivity contribution is -0.114. The SMILES string of the molecule is CCc1nc2nc(O)c(C=C3C=CC=C(OC)C3=O)n2nc1CC. The molecule has 7 heteroatoms. The van der Waals surface area contributed by atoms with E-state index in [1.807, 2.05) is 13.8 Å². The molecule has 0 unspecified atom stereocenters. The standard InChI is InChI=1S/C17H18N4O3/c1-4-11-12(5-2)20-21-13(16(23)19-17(21)18-11)9-10-7-6-8-14(24-3)15(10)22/h6-9,23H,4-5H2,1-3H3. The zero-order chi connectivity index (χ0) is 17.3. The topological polar surface area (TPSA) is 89.6 Å². The molecular formula is C17H18N4O3. The van der Waals surface area contributed by atoms with Crippen LogP contribution < -0.4 is 0 Å². The molecule has 2 heterocycles. The minimum atomic E-state index is -0.261. The van der Waals surface area contributed by atoms with Gasteiger partial charge in [-0.05, 0) is 25.0 Å². The van der Waals surface area contributed by atoms with Crippen LogP contribution in [0.2, 0.25) is 0 Å². The summed E-state index contributed by atoms with van der Waals surface area (Å²) < 4.78 is 6.51. The first-order chi connectivity index (χ1) is 11.6. The summed E-state index contributed by atoms with van der Waals surface area (Å²) in [7, 11) is 1.44. The van der Waals surface area contributed by atoms with Crippen LogP contribution in [0, 0.1) is 0 Å². The molecule has 0 amide bonds. The number of fused-ring (bicyclic) bond motifs is 1. The summed E-state index contributed by atoms with van der Waals surface area (Å²) in [6, 6.07) is 0. The fraction of sp³-hybridized carbons (Fsp3) is 0.294. The van der Waals surface area contributed by atoms with Crippen LogP contribution in [-0.2, 0) is 22.4 Å². The number of hydrogen-bond acceptors (Lipinski definition) is 6. The summed E-state index contributed by atoms with van der Waals surface area (Å²) in [5.74, 6) is 0.0736. The summed E-state index contributed by atoms with van der Waals surface area (Å²) in [5, 5.41) is 14.7. The Kier molecular flexibility index (Phi) is 4.16. The lowest BCUT2D eigenvalue weighted by Crippen LogP contribution is -2.10. The van der Waals surface area contributed by atoms with Crippen LogP contribution in [0.3, 0.4) is 0 Å². The Morgan fingerprint density at radius 3 is 2.67 bits per heavy atom. The number of allylic oxidation sites excluding steroid dienone is 4. The molecule has 3 rings (SSSR count). The predicted molar refractivity (Wildman–Crippen MR) is 88.4 cm³/mol. The molecule has 1 aliphatic rings. The number of carbonyl (C=O) groups is 1. The van der Waals surface area contributed by atoms with E-state index in [-0.39, 0.29) is 17.4 Å². The van der Waals surface area contributed by atoms with Gasteiger partial charge in [-0.1, -0.05) is 26.0 Å². The molecule has 0 atom stereocenters. The third-order valence-electron chi connectivity index (χ3n) is 3.83. The average molecular weight is 326 g/mol. The highest BCUT2D eigenvalue weighted by molar-refractivity contribution is 6.12. The van der Waals surface area contributed by atoms with E-state index in [9.17, 15) is 9.90 Å². The number of carbonyl (C=O) groups excluding carboxylic acids is 1. The molecule has 1 N–H and O–H groups in total. The monoisotopic (exact) mass is 326 g/mol. The van der Waals surface area contributed by atoms with Crippen molar-refractivity contribution in [2.75, 3.05) is 7.11 Å². The maximum absolute atomic E-state index is 12.3. The maximum atomic E-state index is 12.3. The van der Waals surface area contributed by atoms with E-state index >= 15 is 0 Å². The largest absolute Gasteiger partial charge is 0.493 e. The molecule has 24 heavy (non-hydrogen) atoms. The van der Waals surface area contributed by atoms with Crippen LogP contribution >= 0.6 is 0 Å². The van der Waals surface area contributed by atoms with Crippen molar-refractivity contribution in [2.24, 2.45) is 0 Å². The molecular weight excluding hydrogens is 308 g/mol. The van der Waals surface area contributed by atoms with Crippen molar-refractivity contribution in [1.82, 2.24) is 19.6 Å². The van der Waals surface area contributed by atoms with Crippen molar-refractivity contribution in [3.63, 3.8) is 0 Å². The first-order valence-electron chi connectivity index (χ1n) is 7.75. The number of nitrogens with zero attached hydrogens (tertiary/aromatic N) is 4. The number of ether oxygens (including phenoxy) is 1. The van der Waals surface area contributed by atoms with E-state index in [0.29, 0.717) is 17.0 Å². The second-order valence-corrected chi connectivity index (χ2v) is 5.27. The van der Waals surface area contributed by atoms with Gasteiger partial charge in [0.05, 0.1) is 18.5 Å². The van der Waals surface area contributed by atoms with Gasteiger partial charge in [-0.15, -0.1) is 0 Å². The quantitative estimate of drug-likeness (QED) is 0.865. The zero-order valence-corrected chi connectivity index (χ0v) is 13.8. The fourth-order valence-corrected chi connectivity index (χ4v) is 2.57. The van der Waals surface area contributed by atoms with Gasteiger partial charge in [0.25, 0.3) is 5.78 Å². The summed E-state index contributed by atoms with van der Waals surface area (Å²) in [4.78, 5) is 20.8. The Bertz CT molecular complexity index is 906. The Morgan fingerprint density at radius 1 is 1.25 bits per heavy atom. The lowest BCUT2D eigenvalue weighted by Gasteiger charge is -2.09. The third kappa shape index (κ3) is 2.58. The minimum Gasteiger partial charge on any atom is -0.493 e. The molecule has 0 saturated carbocycles. The van der Waals surface area contributed by atoms with Crippen molar-refractivity contribution < 1.29 is 14.6 Å². The highest BCUT2D eigenvalue weighted by atomic mass is 16.5. The molecule has 2 aromatic rings. The molecule has 0 bridgehead atoms. The van der Waals surface area contributed by atoms with Crippen molar-refractivity contribution in [2.45, 2.75) is 26.7 Å². The van der Waals surface area contributed by atoms with Crippen LogP contribution in [0.5, 0.6) is 5.88 Å². The van der Waals surface area contributed by atoms with Gasteiger partial charge in [0.15, 0.2) is 5.76 Å². The summed E-state index contributed by atoms with van der Waals surface area (Å²) >= 11 is 0. The van der Waals surface area contributed by atoms with Crippen molar-refractivity contribution in [3.05, 3.63) is 46.6 Å². The summed E-state index contributed by atoms with van der Waals surface area (Å²) in [5.41, 5.74) is 2.39. The molecule has 0 aliphatic heterocycles. The van der Waals surface area contributed by atoms with Crippen LogP contribution in [-0.4, -0.2) is 37.6 Å². The normalized spacial score (nSPS) is 16.0. The van der Waals surface area contributed by atoms with Gasteiger partial charge in [-0.25, -0.2) is 4.98 Å². The third-order valence-corrected chi connectivity index (χ3v) is 3.83. The van der Waals surface area contributed by atoms with Gasteiger partial charge < -0.3 is 9.84 Å². The highest BCUT2D eigenvalue weighted by Gasteiger charge is 2.20. The molecule has 0 radical (unpaired) electrons. The Labute approximate surface area is 139 Å². The number of Topliss-reactive ketones (excluding diaryl/α,β-unsaturated/α-hetero) is 1. The summed E-state index contributed by atoms with van der Waals surface area (Å²) in [6.45, 7) is 3.99. The van der Waals surface area contributed by atoms with Crippen LogP contribution in [0.4, 0.5) is 0 Å². The van der Waals surface area contributed by atoms with Gasteiger partial charge in [0, 0.05) is 5.57 Å². The maximum Gasteiger partial charge on any atom is 0.254 e. The number of ketones is 1. The van der Waals surface area contributed by atoms with Crippen molar-refractivity contribution in [3.8, 4) is 5.88 Å². The Hall–Kier alpha value is -2.96. The van der Waals surface area contributed by atoms with Gasteiger partial charge in [0.1, 0.15) is 5.69 Å². The van der Waals surface area contributed by atoms with Crippen LogP contribution in [0.15, 0.2) is 29.6 Å². The molecule has 1 aliphatic carbocycles. The van der Waals surface area contributed by atoms with E-state index in [2.05, 4.69) is 15.1 Å². The predicted octanol–water partition coefficient (Wildman–Crippen LogP) is 2.01. The molecule has 2 aromatic heterocycles. The fourth-order valence-electron chi connectivity index (χ4n) is 2.57. The molecule has 0 fully saturated rings. The zero-order valence-electron chi connectivity index (χ0n) is 13.8. The van der Waals surface area contributed by atoms with Gasteiger partial charge in [-0.3, -0.25) is 4.79 Å². The second-order valence-electron chi connectivity index (χ2n) is 5.27. The second kappa shape index (κ2) is 6.27. The molecule has 124 valence electrons. The molecule has 0 aromatic carbocycles. The number of imidazole rings is 1. The van der Waals surface area contributed by atoms with Crippen molar-refractivity contribution >= 4 is 17.6 Å². The highest BCUT2D eigenvalue weighted by Crippen LogP contribution is 2.24. The van der Waals surface area contributed by atoms with Gasteiger partial charge >= 0.3 is 0 Å². The summed E-state index contributed by atoms with van der Waals surface area (Å²) in [6.07, 6.45) is 7.95. The number of rotatable bonds is 4. The Balaban J connectivity index is 2.15. The van der Waals surface area contributed by atoms with E-state index in [1.54, 1.807) is 24.3 Å². The first-order valence-corrected chi connectivity index (χ1v) is 7.75. The number of aromatic nitrogens is 4. The molecule has 0 saturated heterocycles. The van der Waals surface area contributed by atoms with Crippen LogP contribution in [0.1, 0.15) is 30.9 Å². The first kappa shape index (κ1) is 15.9. The van der Waals surface area contributed by atoms with Gasteiger partial charge in [-0.2, -0.15) is 14.6 Å². The van der Waals surface area contributed by atoms with E-state index in [4.69, 9.17) is 4.74 Å². The number of methoxy groups -OCH3 is 1. The number of aromatic hydroxyl groups is 1.